The summed E-state index contributed by atoms with van der Waals surface area (Å²) < 4.78 is 21.5. The first kappa shape index (κ1) is 20.9. The number of esters is 1. The van der Waals surface area contributed by atoms with E-state index in [1.54, 1.807) is 62.8 Å². The Kier molecular flexibility index (Phi) is 8.81. The monoisotopic (exact) mass is 372 g/mol. The fourth-order valence-electron chi connectivity index (χ4n) is 2.63. The van der Waals surface area contributed by atoms with E-state index in [0.29, 0.717) is 17.9 Å². The number of hydrogen-bond donors (Lipinski definition) is 0. The Morgan fingerprint density at radius 1 is 0.852 bits per heavy atom. The molecule has 0 radical (unpaired) electrons. The van der Waals surface area contributed by atoms with E-state index >= 15 is 0 Å². The third-order valence-corrected chi connectivity index (χ3v) is 4.15. The minimum absolute atomic E-state index is 0.410. The molecule has 0 aliphatic rings. The second-order valence-electron chi connectivity index (χ2n) is 6.20. The Bertz CT molecular complexity index is 675. The summed E-state index contributed by atoms with van der Waals surface area (Å²) in [5, 5.41) is 0. The van der Waals surface area contributed by atoms with Crippen LogP contribution in [0.1, 0.15) is 54.8 Å². The Hall–Kier alpha value is -2.37. The lowest BCUT2D eigenvalue weighted by Crippen LogP contribution is -2.09. The lowest BCUT2D eigenvalue weighted by molar-refractivity contribution is -0.106. The number of rotatable bonds is 11. The van der Waals surface area contributed by atoms with Gasteiger partial charge in [-0.3, -0.25) is 0 Å². The number of ether oxygens (including phenoxy) is 4. The molecule has 5 heteroatoms. The molecule has 146 valence electrons. The van der Waals surface area contributed by atoms with Gasteiger partial charge in [0.15, 0.2) is 6.29 Å². The van der Waals surface area contributed by atoms with E-state index in [9.17, 15) is 4.79 Å². The van der Waals surface area contributed by atoms with E-state index in [1.165, 1.54) is 19.3 Å². The highest BCUT2D eigenvalue weighted by molar-refractivity contribution is 5.91. The Balaban J connectivity index is 1.86. The van der Waals surface area contributed by atoms with Gasteiger partial charge in [-0.1, -0.05) is 38.3 Å². The van der Waals surface area contributed by atoms with E-state index in [0.717, 1.165) is 17.7 Å². The molecule has 0 aliphatic heterocycles. The van der Waals surface area contributed by atoms with Crippen LogP contribution in [0.25, 0.3) is 0 Å². The third kappa shape index (κ3) is 6.70. The number of methoxy groups -OCH3 is 2. The molecule has 0 aromatic heterocycles. The molecule has 0 saturated heterocycles. The van der Waals surface area contributed by atoms with Gasteiger partial charge in [0.2, 0.25) is 0 Å². The quantitative estimate of drug-likeness (QED) is 0.236. The summed E-state index contributed by atoms with van der Waals surface area (Å²) in [6.45, 7) is 2.88. The van der Waals surface area contributed by atoms with Gasteiger partial charge in [0.1, 0.15) is 11.5 Å². The van der Waals surface area contributed by atoms with Crippen LogP contribution in [-0.2, 0) is 9.47 Å². The predicted octanol–water partition coefficient (Wildman–Crippen LogP) is 5.16. The molecule has 0 unspecified atom stereocenters. The molecule has 0 heterocycles. The first-order valence-electron chi connectivity index (χ1n) is 9.28. The molecule has 2 aromatic carbocycles. The van der Waals surface area contributed by atoms with E-state index in [-0.39, 0.29) is 0 Å². The van der Waals surface area contributed by atoms with Crippen molar-refractivity contribution in [3.63, 3.8) is 0 Å². The average Bonchev–Trinajstić information content (AvgIpc) is 2.70. The fourth-order valence-corrected chi connectivity index (χ4v) is 2.63. The van der Waals surface area contributed by atoms with Crippen molar-refractivity contribution in [2.45, 2.75) is 38.9 Å². The molecule has 0 aliphatic carbocycles. The van der Waals surface area contributed by atoms with Crippen molar-refractivity contribution < 1.29 is 23.7 Å². The van der Waals surface area contributed by atoms with E-state index in [1.807, 2.05) is 0 Å². The zero-order chi connectivity index (χ0) is 19.5. The predicted molar refractivity (Wildman–Crippen MR) is 104 cm³/mol. The summed E-state index contributed by atoms with van der Waals surface area (Å²) in [7, 11) is 3.14. The maximum atomic E-state index is 12.3. The second kappa shape index (κ2) is 11.4. The van der Waals surface area contributed by atoms with Gasteiger partial charge in [-0.15, -0.1) is 0 Å². The summed E-state index contributed by atoms with van der Waals surface area (Å²) in [6.07, 6.45) is 4.21. The van der Waals surface area contributed by atoms with Gasteiger partial charge < -0.3 is 18.9 Å². The van der Waals surface area contributed by atoms with Crippen molar-refractivity contribution in [1.29, 1.82) is 0 Å². The van der Waals surface area contributed by atoms with Crippen molar-refractivity contribution in [3.8, 4) is 11.5 Å². The molecule has 0 saturated carbocycles. The average molecular weight is 372 g/mol. The molecule has 2 rings (SSSR count). The lowest BCUT2D eigenvalue weighted by atomic mass is 10.2. The number of hydrogen-bond acceptors (Lipinski definition) is 5. The highest BCUT2D eigenvalue weighted by Gasteiger charge is 2.11. The fraction of sp³-hybridized carbons (Fsp3) is 0.409. The molecule has 0 bridgehead atoms. The largest absolute Gasteiger partial charge is 0.494 e. The van der Waals surface area contributed by atoms with Gasteiger partial charge in [0.25, 0.3) is 0 Å². The third-order valence-electron chi connectivity index (χ3n) is 4.15. The summed E-state index contributed by atoms with van der Waals surface area (Å²) >= 11 is 0. The molecule has 0 spiro atoms. The van der Waals surface area contributed by atoms with Crippen molar-refractivity contribution in [2.24, 2.45) is 0 Å². The smallest absolute Gasteiger partial charge is 0.343 e. The van der Waals surface area contributed by atoms with Crippen LogP contribution in [-0.4, -0.2) is 26.8 Å². The van der Waals surface area contributed by atoms with E-state index in [4.69, 9.17) is 18.9 Å². The summed E-state index contributed by atoms with van der Waals surface area (Å²) in [4.78, 5) is 12.3. The van der Waals surface area contributed by atoms with Crippen molar-refractivity contribution in [3.05, 3.63) is 59.7 Å². The first-order valence-corrected chi connectivity index (χ1v) is 9.28. The van der Waals surface area contributed by atoms with Gasteiger partial charge >= 0.3 is 5.97 Å². The van der Waals surface area contributed by atoms with Crippen LogP contribution in [0.2, 0.25) is 0 Å². The summed E-state index contributed by atoms with van der Waals surface area (Å²) in [5.41, 5.74) is 1.32. The molecule has 0 fully saturated rings. The van der Waals surface area contributed by atoms with Crippen LogP contribution < -0.4 is 9.47 Å². The molecular formula is C22H28O5. The minimum Gasteiger partial charge on any atom is -0.494 e. The van der Waals surface area contributed by atoms with Gasteiger partial charge in [-0.25, -0.2) is 4.79 Å². The number of benzene rings is 2. The highest BCUT2D eigenvalue weighted by atomic mass is 16.7. The van der Waals surface area contributed by atoms with Gasteiger partial charge in [0, 0.05) is 19.8 Å². The normalized spacial score (nSPS) is 10.8. The Labute approximate surface area is 161 Å². The zero-order valence-corrected chi connectivity index (χ0v) is 16.3. The van der Waals surface area contributed by atoms with Crippen molar-refractivity contribution >= 4 is 5.97 Å². The first-order chi connectivity index (χ1) is 13.2. The SMILES string of the molecule is CCCCCCOc1ccc(C(=O)Oc2ccc(C(OC)OC)cc2)cc1. The van der Waals surface area contributed by atoms with Crippen LogP contribution in [0.3, 0.4) is 0 Å². The lowest BCUT2D eigenvalue weighted by Gasteiger charge is -2.14. The summed E-state index contributed by atoms with van der Waals surface area (Å²) in [6, 6.07) is 14.0. The van der Waals surface area contributed by atoms with Crippen molar-refractivity contribution in [1.82, 2.24) is 0 Å². The standard InChI is InChI=1S/C22H28O5/c1-4-5-6-7-16-26-19-12-8-17(9-13-19)21(23)27-20-14-10-18(11-15-20)22(24-2)25-3/h8-15,22H,4-7,16H2,1-3H3. The molecule has 2 aromatic rings. The van der Waals surface area contributed by atoms with Gasteiger partial charge in [-0.2, -0.15) is 0 Å². The van der Waals surface area contributed by atoms with Crippen molar-refractivity contribution in [2.75, 3.05) is 20.8 Å². The van der Waals surface area contributed by atoms with Gasteiger partial charge in [0.05, 0.1) is 12.2 Å². The molecular weight excluding hydrogens is 344 g/mol. The Morgan fingerprint density at radius 2 is 1.48 bits per heavy atom. The number of carbonyl (C=O) groups is 1. The van der Waals surface area contributed by atoms with Gasteiger partial charge in [-0.05, 0) is 42.8 Å². The Morgan fingerprint density at radius 3 is 2.07 bits per heavy atom. The van der Waals surface area contributed by atoms with E-state index < -0.39 is 12.3 Å². The molecule has 0 amide bonds. The highest BCUT2D eigenvalue weighted by Crippen LogP contribution is 2.21. The molecule has 0 N–H and O–H groups in total. The molecule has 5 nitrogen and oxygen atoms in total. The van der Waals surface area contributed by atoms with Crippen LogP contribution in [0.5, 0.6) is 11.5 Å². The van der Waals surface area contributed by atoms with Crippen LogP contribution in [0.4, 0.5) is 0 Å². The van der Waals surface area contributed by atoms with Crippen LogP contribution in [0, 0.1) is 0 Å². The maximum Gasteiger partial charge on any atom is 0.343 e. The topological polar surface area (TPSA) is 54.0 Å². The molecule has 0 atom stereocenters. The number of unbranched alkanes of at least 4 members (excludes halogenated alkanes) is 3. The van der Waals surface area contributed by atoms with E-state index in [2.05, 4.69) is 6.92 Å². The maximum absolute atomic E-state index is 12.3. The molecule has 27 heavy (non-hydrogen) atoms. The minimum atomic E-state index is -0.440. The number of carbonyl (C=O) groups excluding carboxylic acids is 1. The second-order valence-corrected chi connectivity index (χ2v) is 6.20. The van der Waals surface area contributed by atoms with Crippen LogP contribution >= 0.6 is 0 Å². The van der Waals surface area contributed by atoms with Crippen LogP contribution in [0.15, 0.2) is 48.5 Å². The zero-order valence-electron chi connectivity index (χ0n) is 16.3. The summed E-state index contributed by atoms with van der Waals surface area (Å²) in [5.74, 6) is 0.816.